The highest BCUT2D eigenvalue weighted by molar-refractivity contribution is 6.08. The molecule has 1 aliphatic rings. The summed E-state index contributed by atoms with van der Waals surface area (Å²) < 4.78 is 12.2. The van der Waals surface area contributed by atoms with Crippen molar-refractivity contribution < 1.29 is 18.8 Å². The third-order valence-corrected chi connectivity index (χ3v) is 2.59. The summed E-state index contributed by atoms with van der Waals surface area (Å²) in [4.78, 5) is 11.9. The van der Waals surface area contributed by atoms with Gasteiger partial charge in [0.1, 0.15) is 18.5 Å². The Bertz CT molecular complexity index is 477. The number of rotatable bonds is 2. The van der Waals surface area contributed by atoms with Gasteiger partial charge in [0.15, 0.2) is 6.21 Å². The molecule has 0 saturated heterocycles. The summed E-state index contributed by atoms with van der Waals surface area (Å²) in [6.45, 7) is 0.385. The van der Waals surface area contributed by atoms with Crippen molar-refractivity contribution in [3.8, 4) is 11.5 Å². The van der Waals surface area contributed by atoms with Gasteiger partial charge >= 0.3 is 0 Å². The van der Waals surface area contributed by atoms with Gasteiger partial charge in [0, 0.05) is 6.07 Å². The van der Waals surface area contributed by atoms with E-state index < -0.39 is 0 Å². The van der Waals surface area contributed by atoms with Crippen LogP contribution < -0.4 is 9.47 Å². The smallest absolute Gasteiger partial charge is 0.231 e. The summed E-state index contributed by atoms with van der Waals surface area (Å²) in [7, 11) is 5.02. The van der Waals surface area contributed by atoms with E-state index in [1.165, 1.54) is 0 Å². The quantitative estimate of drug-likeness (QED) is 0.697. The van der Waals surface area contributed by atoms with Crippen molar-refractivity contribution in [2.45, 2.75) is 0 Å². The van der Waals surface area contributed by atoms with Crippen molar-refractivity contribution in [1.82, 2.24) is 0 Å². The molecule has 16 heavy (non-hydrogen) atoms. The predicted octanol–water partition coefficient (Wildman–Crippen LogP) is 0.961. The van der Waals surface area contributed by atoms with E-state index in [0.29, 0.717) is 23.6 Å². The first-order valence-corrected chi connectivity index (χ1v) is 5.00. The number of ketones is 1. The molecule has 1 aromatic rings. The molecule has 0 atom stereocenters. The molecule has 4 nitrogen and oxygen atoms in total. The van der Waals surface area contributed by atoms with Gasteiger partial charge in [-0.3, -0.25) is 4.79 Å². The molecule has 1 aliphatic heterocycles. The van der Waals surface area contributed by atoms with Gasteiger partial charge in [-0.05, 0) is 6.07 Å². The number of likely N-dealkylation sites (N-methyl/N-ethyl adjacent to an activating group) is 1. The Morgan fingerprint density at radius 3 is 2.62 bits per heavy atom. The Hall–Kier alpha value is -1.84. The van der Waals surface area contributed by atoms with E-state index >= 15 is 0 Å². The zero-order valence-corrected chi connectivity index (χ0v) is 9.61. The van der Waals surface area contributed by atoms with E-state index in [1.807, 2.05) is 23.9 Å². The van der Waals surface area contributed by atoms with E-state index in [0.717, 1.165) is 5.56 Å². The monoisotopic (exact) mass is 220 g/mol. The molecule has 0 unspecified atom stereocenters. The van der Waals surface area contributed by atoms with Crippen LogP contribution in [0.3, 0.4) is 0 Å². The molecular weight excluding hydrogens is 206 g/mol. The normalized spacial score (nSPS) is 14.2. The molecule has 0 bridgehead atoms. The van der Waals surface area contributed by atoms with E-state index in [-0.39, 0.29) is 5.78 Å². The molecule has 4 heteroatoms. The lowest BCUT2D eigenvalue weighted by Gasteiger charge is -2.14. The van der Waals surface area contributed by atoms with Crippen LogP contribution in [0.25, 0.3) is 0 Å². The van der Waals surface area contributed by atoms with Gasteiger partial charge in [-0.1, -0.05) is 0 Å². The topological polar surface area (TPSA) is 38.5 Å². The molecule has 0 aliphatic carbocycles. The van der Waals surface area contributed by atoms with Gasteiger partial charge in [0.2, 0.25) is 12.3 Å². The zero-order valence-electron chi connectivity index (χ0n) is 9.61. The average molecular weight is 220 g/mol. The maximum absolute atomic E-state index is 11.9. The molecule has 0 spiro atoms. The first kappa shape index (κ1) is 10.7. The van der Waals surface area contributed by atoms with Crippen molar-refractivity contribution in [2.75, 3.05) is 27.8 Å². The van der Waals surface area contributed by atoms with Crippen LogP contribution >= 0.6 is 0 Å². The standard InChI is InChI=1S/C12H14NO3/c1-13-6-8-4-9(15-2)5-11(16-3)12(8)10(14)7-13/h4-6H,7H2,1-3H3/q+1. The molecule has 1 aromatic carbocycles. The van der Waals surface area contributed by atoms with E-state index in [1.54, 1.807) is 20.3 Å². The van der Waals surface area contributed by atoms with Gasteiger partial charge in [-0.15, -0.1) is 0 Å². The number of benzene rings is 1. The molecule has 0 radical (unpaired) electrons. The predicted molar refractivity (Wildman–Crippen MR) is 60.1 cm³/mol. The molecule has 1 heterocycles. The number of nitrogens with zero attached hydrogens (tertiary/aromatic N) is 1. The zero-order chi connectivity index (χ0) is 11.7. The second-order valence-corrected chi connectivity index (χ2v) is 3.76. The van der Waals surface area contributed by atoms with Crippen LogP contribution in [0.15, 0.2) is 12.1 Å². The maximum Gasteiger partial charge on any atom is 0.231 e. The number of hydrogen-bond donors (Lipinski definition) is 0. The second-order valence-electron chi connectivity index (χ2n) is 3.76. The summed E-state index contributed by atoms with van der Waals surface area (Å²) in [5.41, 5.74) is 1.48. The third kappa shape index (κ3) is 1.66. The Kier molecular flexibility index (Phi) is 2.64. The van der Waals surface area contributed by atoms with Crippen LogP contribution in [0.2, 0.25) is 0 Å². The Morgan fingerprint density at radius 2 is 2.00 bits per heavy atom. The van der Waals surface area contributed by atoms with Crippen molar-refractivity contribution in [2.24, 2.45) is 0 Å². The fraction of sp³-hybridized carbons (Fsp3) is 0.333. The van der Waals surface area contributed by atoms with E-state index in [4.69, 9.17) is 9.47 Å². The fourth-order valence-electron chi connectivity index (χ4n) is 1.88. The minimum Gasteiger partial charge on any atom is -0.497 e. The van der Waals surface area contributed by atoms with Crippen LogP contribution in [-0.4, -0.2) is 44.4 Å². The summed E-state index contributed by atoms with van der Waals surface area (Å²) in [6, 6.07) is 3.57. The van der Waals surface area contributed by atoms with Gasteiger partial charge in [0.05, 0.1) is 25.3 Å². The van der Waals surface area contributed by atoms with Gasteiger partial charge in [-0.25, -0.2) is 4.58 Å². The van der Waals surface area contributed by atoms with Crippen LogP contribution in [0.5, 0.6) is 11.5 Å². The summed E-state index contributed by atoms with van der Waals surface area (Å²) in [5.74, 6) is 1.33. The molecule has 0 aromatic heterocycles. The Labute approximate surface area is 94.1 Å². The highest BCUT2D eigenvalue weighted by Gasteiger charge is 2.26. The van der Waals surface area contributed by atoms with Gasteiger partial charge < -0.3 is 9.47 Å². The van der Waals surface area contributed by atoms with Crippen LogP contribution in [-0.2, 0) is 0 Å². The van der Waals surface area contributed by atoms with Crippen LogP contribution in [0.1, 0.15) is 15.9 Å². The number of ether oxygens (including phenoxy) is 2. The maximum atomic E-state index is 11.9. The van der Waals surface area contributed by atoms with E-state index in [2.05, 4.69) is 0 Å². The number of carbonyl (C=O) groups excluding carboxylic acids is 1. The number of Topliss-reactive ketones (excluding diaryl/α,β-unsaturated/α-hetero) is 1. The highest BCUT2D eigenvalue weighted by Crippen LogP contribution is 2.29. The molecule has 0 N–H and O–H groups in total. The first-order chi connectivity index (χ1) is 7.65. The summed E-state index contributed by atoms with van der Waals surface area (Å²) in [5, 5.41) is 0. The van der Waals surface area contributed by atoms with Crippen molar-refractivity contribution in [3.05, 3.63) is 23.3 Å². The average Bonchev–Trinajstić information content (AvgIpc) is 2.26. The molecule has 0 amide bonds. The van der Waals surface area contributed by atoms with Crippen LogP contribution in [0.4, 0.5) is 0 Å². The van der Waals surface area contributed by atoms with E-state index in [9.17, 15) is 4.79 Å². The van der Waals surface area contributed by atoms with Crippen molar-refractivity contribution in [1.29, 1.82) is 0 Å². The molecule has 2 rings (SSSR count). The first-order valence-electron chi connectivity index (χ1n) is 5.00. The fourth-order valence-corrected chi connectivity index (χ4v) is 1.88. The number of hydrogen-bond acceptors (Lipinski definition) is 3. The molecule has 0 fully saturated rings. The summed E-state index contributed by atoms with van der Waals surface area (Å²) >= 11 is 0. The number of carbonyl (C=O) groups is 1. The van der Waals surface area contributed by atoms with Crippen molar-refractivity contribution >= 4 is 12.0 Å². The minimum absolute atomic E-state index is 0.0690. The lowest BCUT2D eigenvalue weighted by Crippen LogP contribution is -2.26. The molecule has 0 saturated carbocycles. The lowest BCUT2D eigenvalue weighted by atomic mass is 10.00. The van der Waals surface area contributed by atoms with Gasteiger partial charge in [0.25, 0.3) is 0 Å². The third-order valence-electron chi connectivity index (χ3n) is 2.59. The van der Waals surface area contributed by atoms with Crippen LogP contribution in [0, 0.1) is 0 Å². The second kappa shape index (κ2) is 3.96. The molecular formula is C12H14NO3+. The van der Waals surface area contributed by atoms with Crippen molar-refractivity contribution in [3.63, 3.8) is 0 Å². The number of fused-ring (bicyclic) bond motifs is 1. The largest absolute Gasteiger partial charge is 0.497 e. The summed E-state index contributed by atoms with van der Waals surface area (Å²) in [6.07, 6.45) is 1.92. The number of methoxy groups -OCH3 is 2. The SMILES string of the molecule is COc1cc2c(c(OC)c1)C(=O)C[N+](C)=C2. The lowest BCUT2D eigenvalue weighted by molar-refractivity contribution is -0.478. The Balaban J connectivity index is 2.66. The highest BCUT2D eigenvalue weighted by atomic mass is 16.5. The molecule has 84 valence electrons. The Morgan fingerprint density at radius 1 is 1.25 bits per heavy atom. The minimum atomic E-state index is 0.0690. The van der Waals surface area contributed by atoms with Gasteiger partial charge in [-0.2, -0.15) is 0 Å².